The van der Waals surface area contributed by atoms with E-state index in [4.69, 9.17) is 9.72 Å². The molecular formula is C19H21N3O2S2. The molecule has 0 bridgehead atoms. The number of amides is 1. The molecule has 1 aliphatic heterocycles. The van der Waals surface area contributed by atoms with Crippen LogP contribution in [0.4, 0.5) is 5.13 Å². The second kappa shape index (κ2) is 7.63. The Kier molecular flexibility index (Phi) is 5.08. The van der Waals surface area contributed by atoms with E-state index in [1.165, 1.54) is 30.6 Å². The summed E-state index contributed by atoms with van der Waals surface area (Å²) < 4.78 is 6.27. The molecule has 1 N–H and O–H groups in total. The quantitative estimate of drug-likeness (QED) is 0.710. The number of carbonyl (C=O) groups is 1. The molecule has 3 aromatic rings. The Morgan fingerprint density at radius 2 is 1.96 bits per heavy atom. The molecule has 0 atom stereocenters. The first-order valence-electron chi connectivity index (χ1n) is 8.79. The van der Waals surface area contributed by atoms with E-state index in [0.29, 0.717) is 6.54 Å². The lowest BCUT2D eigenvalue weighted by Gasteiger charge is -2.25. The number of anilines is 1. The van der Waals surface area contributed by atoms with Gasteiger partial charge in [-0.15, -0.1) is 11.3 Å². The lowest BCUT2D eigenvalue weighted by atomic mass is 10.1. The smallest absolute Gasteiger partial charge is 0.261 e. The molecule has 3 heterocycles. The van der Waals surface area contributed by atoms with Crippen molar-refractivity contribution >= 4 is 43.2 Å². The number of hydrogen-bond donors (Lipinski definition) is 1. The number of nitrogens with one attached hydrogen (secondary N) is 1. The molecule has 0 aliphatic carbocycles. The predicted molar refractivity (Wildman–Crippen MR) is 108 cm³/mol. The predicted octanol–water partition coefficient (Wildman–Crippen LogP) is 4.29. The number of methoxy groups -OCH3 is 1. The highest BCUT2D eigenvalue weighted by Gasteiger charge is 2.18. The number of hydrogen-bond acceptors (Lipinski definition) is 6. The number of aromatic nitrogens is 1. The first-order valence-corrected chi connectivity index (χ1v) is 10.4. The highest BCUT2D eigenvalue weighted by molar-refractivity contribution is 7.40. The summed E-state index contributed by atoms with van der Waals surface area (Å²) in [7, 11) is 1.64. The van der Waals surface area contributed by atoms with Crippen LogP contribution >= 0.6 is 22.7 Å². The molecular weight excluding hydrogens is 366 g/mol. The summed E-state index contributed by atoms with van der Waals surface area (Å²) in [5.74, 6) is 0.768. The van der Waals surface area contributed by atoms with E-state index in [9.17, 15) is 4.79 Å². The van der Waals surface area contributed by atoms with Gasteiger partial charge in [-0.25, -0.2) is 4.98 Å². The van der Waals surface area contributed by atoms with Gasteiger partial charge in [0.05, 0.1) is 17.5 Å². The fourth-order valence-electron chi connectivity index (χ4n) is 3.07. The zero-order valence-electron chi connectivity index (χ0n) is 14.7. The Morgan fingerprint density at radius 1 is 1.19 bits per heavy atom. The van der Waals surface area contributed by atoms with Crippen LogP contribution in [-0.2, 0) is 6.54 Å². The number of fused-ring (bicyclic) bond motifs is 1. The molecule has 0 radical (unpaired) electrons. The molecule has 0 saturated carbocycles. The average molecular weight is 388 g/mol. The van der Waals surface area contributed by atoms with Crippen molar-refractivity contribution < 1.29 is 9.53 Å². The van der Waals surface area contributed by atoms with Crippen LogP contribution in [0.3, 0.4) is 0 Å². The zero-order valence-corrected chi connectivity index (χ0v) is 16.3. The van der Waals surface area contributed by atoms with Crippen LogP contribution in [0.15, 0.2) is 30.3 Å². The molecule has 1 fully saturated rings. The summed E-state index contributed by atoms with van der Waals surface area (Å²) in [5, 5.41) is 4.07. The topological polar surface area (TPSA) is 54.5 Å². The molecule has 1 saturated heterocycles. The molecule has 26 heavy (non-hydrogen) atoms. The Morgan fingerprint density at radius 3 is 2.65 bits per heavy atom. The molecule has 2 aromatic heterocycles. The Labute approximate surface area is 160 Å². The van der Waals surface area contributed by atoms with Crippen LogP contribution in [0.1, 0.15) is 34.5 Å². The van der Waals surface area contributed by atoms with Crippen molar-refractivity contribution in [3.05, 3.63) is 40.8 Å². The number of ether oxygens (including phenoxy) is 1. The van der Waals surface area contributed by atoms with Crippen molar-refractivity contribution in [1.29, 1.82) is 0 Å². The Hall–Kier alpha value is -2.12. The van der Waals surface area contributed by atoms with Gasteiger partial charge >= 0.3 is 0 Å². The minimum Gasteiger partial charge on any atom is -0.497 e. The number of benzene rings is 1. The number of piperidine rings is 1. The molecule has 1 amide bonds. The van der Waals surface area contributed by atoms with Gasteiger partial charge in [-0.1, -0.05) is 23.5 Å². The summed E-state index contributed by atoms with van der Waals surface area (Å²) >= 11 is 3.23. The molecule has 4 rings (SSSR count). The third kappa shape index (κ3) is 3.68. The van der Waals surface area contributed by atoms with Crippen molar-refractivity contribution in [2.24, 2.45) is 0 Å². The van der Waals surface area contributed by atoms with Crippen LogP contribution < -0.4 is 15.0 Å². The van der Waals surface area contributed by atoms with E-state index in [1.54, 1.807) is 18.4 Å². The fraction of sp³-hybridized carbons (Fsp3) is 0.368. The van der Waals surface area contributed by atoms with Crippen molar-refractivity contribution in [2.75, 3.05) is 25.1 Å². The first kappa shape index (κ1) is 17.3. The third-order valence-electron chi connectivity index (χ3n) is 4.54. The van der Waals surface area contributed by atoms with Crippen molar-refractivity contribution in [1.82, 2.24) is 10.3 Å². The van der Waals surface area contributed by atoms with Gasteiger partial charge in [0.25, 0.3) is 5.91 Å². The molecule has 1 aromatic carbocycles. The minimum atomic E-state index is -0.0458. The lowest BCUT2D eigenvalue weighted by Crippen LogP contribution is -2.29. The van der Waals surface area contributed by atoms with Gasteiger partial charge in [0.2, 0.25) is 0 Å². The van der Waals surface area contributed by atoms with E-state index in [2.05, 4.69) is 10.2 Å². The highest BCUT2D eigenvalue weighted by Crippen LogP contribution is 2.36. The van der Waals surface area contributed by atoms with Gasteiger partial charge in [0.15, 0.2) is 5.13 Å². The first-order chi connectivity index (χ1) is 12.7. The van der Waals surface area contributed by atoms with E-state index in [0.717, 1.165) is 43.9 Å². The van der Waals surface area contributed by atoms with Gasteiger partial charge in [0.1, 0.15) is 9.76 Å². The number of rotatable bonds is 5. The molecule has 5 nitrogen and oxygen atoms in total. The Balaban J connectivity index is 1.40. The van der Waals surface area contributed by atoms with Gasteiger partial charge in [-0.2, -0.15) is 0 Å². The van der Waals surface area contributed by atoms with Crippen molar-refractivity contribution in [3.8, 4) is 5.75 Å². The maximum absolute atomic E-state index is 12.4. The normalized spacial score (nSPS) is 14.6. The van der Waals surface area contributed by atoms with E-state index < -0.39 is 0 Å². The van der Waals surface area contributed by atoms with Gasteiger partial charge in [-0.05, 0) is 43.0 Å². The van der Waals surface area contributed by atoms with E-state index in [-0.39, 0.29) is 5.91 Å². The van der Waals surface area contributed by atoms with Crippen LogP contribution in [0.2, 0.25) is 0 Å². The largest absolute Gasteiger partial charge is 0.497 e. The molecule has 1 aliphatic rings. The third-order valence-corrected chi connectivity index (χ3v) is 6.89. The van der Waals surface area contributed by atoms with Crippen LogP contribution in [0.25, 0.3) is 9.53 Å². The van der Waals surface area contributed by atoms with Crippen molar-refractivity contribution in [2.45, 2.75) is 25.8 Å². The summed E-state index contributed by atoms with van der Waals surface area (Å²) in [6.45, 7) is 2.69. The number of carbonyl (C=O) groups excluding carboxylic acids is 1. The van der Waals surface area contributed by atoms with E-state index in [1.807, 2.05) is 30.3 Å². The SMILES string of the molecule is COc1ccc(CNC(=O)c2cc3nc(N4CCCCC4)sc3s2)cc1. The molecule has 0 unspecified atom stereocenters. The summed E-state index contributed by atoms with van der Waals surface area (Å²) in [6, 6.07) is 9.62. The molecule has 7 heteroatoms. The maximum atomic E-state index is 12.4. The number of thiophene rings is 1. The fourth-order valence-corrected chi connectivity index (χ4v) is 5.30. The summed E-state index contributed by atoms with van der Waals surface area (Å²) in [6.07, 6.45) is 3.80. The Bertz CT molecular complexity index is 864. The summed E-state index contributed by atoms with van der Waals surface area (Å²) in [5.41, 5.74) is 1.98. The van der Waals surface area contributed by atoms with Crippen LogP contribution in [0, 0.1) is 0 Å². The average Bonchev–Trinajstić information content (AvgIpc) is 3.26. The summed E-state index contributed by atoms with van der Waals surface area (Å²) in [4.78, 5) is 20.3. The lowest BCUT2D eigenvalue weighted by molar-refractivity contribution is 0.0955. The zero-order chi connectivity index (χ0) is 17.9. The monoisotopic (exact) mass is 387 g/mol. The highest BCUT2D eigenvalue weighted by atomic mass is 32.2. The van der Waals surface area contributed by atoms with Crippen LogP contribution in [0.5, 0.6) is 5.75 Å². The standard InChI is InChI=1S/C19H21N3O2S2/c1-24-14-7-5-13(6-8-14)12-20-17(23)16-11-15-18(25-16)26-19(21-15)22-9-3-2-4-10-22/h5-8,11H,2-4,9-10,12H2,1H3,(H,20,23). The van der Waals surface area contributed by atoms with Crippen molar-refractivity contribution in [3.63, 3.8) is 0 Å². The van der Waals surface area contributed by atoms with Gasteiger partial charge in [0, 0.05) is 19.6 Å². The van der Waals surface area contributed by atoms with Gasteiger partial charge in [-0.3, -0.25) is 4.79 Å². The number of nitrogens with zero attached hydrogens (tertiary/aromatic N) is 2. The minimum absolute atomic E-state index is 0.0458. The second-order valence-electron chi connectivity index (χ2n) is 6.36. The molecule has 0 spiro atoms. The maximum Gasteiger partial charge on any atom is 0.261 e. The number of thiazole rings is 1. The van der Waals surface area contributed by atoms with Gasteiger partial charge < -0.3 is 15.0 Å². The van der Waals surface area contributed by atoms with E-state index >= 15 is 0 Å². The molecule has 136 valence electrons. The second-order valence-corrected chi connectivity index (χ2v) is 8.65. The van der Waals surface area contributed by atoms with Crippen LogP contribution in [-0.4, -0.2) is 31.1 Å².